The van der Waals surface area contributed by atoms with Gasteiger partial charge in [0.15, 0.2) is 11.0 Å². The maximum Gasteiger partial charge on any atom is 0.306 e. The first-order valence-corrected chi connectivity index (χ1v) is 13.6. The maximum atomic E-state index is 14.1. The van der Waals surface area contributed by atoms with Gasteiger partial charge in [0.25, 0.3) is 0 Å². The Kier molecular flexibility index (Phi) is 7.35. The van der Waals surface area contributed by atoms with E-state index >= 15 is 0 Å². The van der Waals surface area contributed by atoms with Gasteiger partial charge in [0.2, 0.25) is 0 Å². The predicted molar refractivity (Wildman–Crippen MR) is 127 cm³/mol. The summed E-state index contributed by atoms with van der Waals surface area (Å²) >= 11 is 1.62. The fraction of sp³-hybridized carbons (Fsp3) is 0.391. The summed E-state index contributed by atoms with van der Waals surface area (Å²) in [5.41, 5.74) is 2.84. The Morgan fingerprint density at radius 1 is 1.09 bits per heavy atom. The number of fused-ring (bicyclic) bond motifs is 1. The van der Waals surface area contributed by atoms with Crippen LogP contribution in [0.25, 0.3) is 11.4 Å². The Morgan fingerprint density at radius 2 is 1.85 bits per heavy atom. The van der Waals surface area contributed by atoms with Gasteiger partial charge in [0.05, 0.1) is 11.8 Å². The first-order valence-electron chi connectivity index (χ1n) is 10.8. The zero-order chi connectivity index (χ0) is 23.4. The molecule has 0 N–H and O–H groups in total. The average Bonchev–Trinajstić information content (AvgIpc) is 2.99. The SMILES string of the molecule is Cn1c(SCCCN2CCc3ccc(OS(C)(=O)=O)cc3CC2)nnc1-c1ccccc1F. The highest BCUT2D eigenvalue weighted by molar-refractivity contribution is 7.99. The molecule has 0 saturated heterocycles. The van der Waals surface area contributed by atoms with E-state index in [-0.39, 0.29) is 5.82 Å². The topological polar surface area (TPSA) is 77.3 Å². The second kappa shape index (κ2) is 10.2. The van der Waals surface area contributed by atoms with Gasteiger partial charge in [-0.05, 0) is 61.2 Å². The minimum absolute atomic E-state index is 0.304. The van der Waals surface area contributed by atoms with E-state index in [0.29, 0.717) is 17.1 Å². The average molecular weight is 491 g/mol. The molecular formula is C23H27FN4O3S2. The van der Waals surface area contributed by atoms with E-state index in [1.807, 2.05) is 23.7 Å². The van der Waals surface area contributed by atoms with Gasteiger partial charge in [-0.3, -0.25) is 0 Å². The molecule has 0 aliphatic carbocycles. The molecule has 33 heavy (non-hydrogen) atoms. The van der Waals surface area contributed by atoms with Crippen LogP contribution in [0.5, 0.6) is 5.75 Å². The van der Waals surface area contributed by atoms with Gasteiger partial charge >= 0.3 is 10.1 Å². The number of thioether (sulfide) groups is 1. The number of rotatable bonds is 8. The van der Waals surface area contributed by atoms with Crippen LogP contribution in [0.1, 0.15) is 17.5 Å². The number of nitrogens with zero attached hydrogens (tertiary/aromatic N) is 4. The van der Waals surface area contributed by atoms with E-state index in [9.17, 15) is 12.8 Å². The molecule has 0 atom stereocenters. The van der Waals surface area contributed by atoms with E-state index in [0.717, 1.165) is 61.6 Å². The summed E-state index contributed by atoms with van der Waals surface area (Å²) in [6, 6.07) is 12.1. The van der Waals surface area contributed by atoms with Crippen molar-refractivity contribution in [2.24, 2.45) is 7.05 Å². The summed E-state index contributed by atoms with van der Waals surface area (Å²) in [6.07, 6.45) is 3.83. The molecule has 1 aliphatic heterocycles. The summed E-state index contributed by atoms with van der Waals surface area (Å²) in [6.45, 7) is 2.85. The van der Waals surface area contributed by atoms with Crippen molar-refractivity contribution in [2.45, 2.75) is 24.4 Å². The Hall–Kier alpha value is -2.43. The monoisotopic (exact) mass is 490 g/mol. The minimum Gasteiger partial charge on any atom is -0.383 e. The molecule has 0 spiro atoms. The van der Waals surface area contributed by atoms with Crippen LogP contribution in [0.2, 0.25) is 0 Å². The van der Waals surface area contributed by atoms with E-state index in [1.54, 1.807) is 36.0 Å². The third-order valence-electron chi connectivity index (χ3n) is 5.62. The molecule has 2 heterocycles. The van der Waals surface area contributed by atoms with E-state index in [2.05, 4.69) is 15.1 Å². The molecule has 7 nitrogen and oxygen atoms in total. The molecule has 0 radical (unpaired) electrons. The Morgan fingerprint density at radius 3 is 2.61 bits per heavy atom. The standard InChI is InChI=1S/C23H27FN4O3S2/c1-27-22(20-6-3-4-7-21(20)24)25-26-23(27)32-15-5-12-28-13-10-17-8-9-19(31-33(2,29)30)16-18(17)11-14-28/h3-4,6-9,16H,5,10-15H2,1-2H3. The molecule has 10 heteroatoms. The normalized spacial score (nSPS) is 14.6. The molecule has 0 amide bonds. The summed E-state index contributed by atoms with van der Waals surface area (Å²) in [7, 11) is -1.66. The molecular weight excluding hydrogens is 463 g/mol. The Labute approximate surface area is 198 Å². The van der Waals surface area contributed by atoms with Gasteiger partial charge in [-0.1, -0.05) is 30.0 Å². The zero-order valence-corrected chi connectivity index (χ0v) is 20.3. The lowest BCUT2D eigenvalue weighted by Gasteiger charge is -2.19. The van der Waals surface area contributed by atoms with Crippen molar-refractivity contribution in [3.8, 4) is 17.1 Å². The van der Waals surface area contributed by atoms with Crippen molar-refractivity contribution >= 4 is 21.9 Å². The molecule has 176 valence electrons. The van der Waals surface area contributed by atoms with Crippen molar-refractivity contribution < 1.29 is 17.0 Å². The second-order valence-corrected chi connectivity index (χ2v) is 10.7. The van der Waals surface area contributed by atoms with Crippen LogP contribution in [0.4, 0.5) is 4.39 Å². The number of hydrogen-bond donors (Lipinski definition) is 0. The van der Waals surface area contributed by atoms with Crippen LogP contribution in [0, 0.1) is 5.82 Å². The van der Waals surface area contributed by atoms with Gasteiger partial charge in [-0.25, -0.2) is 4.39 Å². The maximum absolute atomic E-state index is 14.1. The van der Waals surface area contributed by atoms with Crippen molar-refractivity contribution in [3.63, 3.8) is 0 Å². The lowest BCUT2D eigenvalue weighted by Crippen LogP contribution is -2.27. The third-order valence-corrected chi connectivity index (χ3v) is 7.22. The fourth-order valence-corrected chi connectivity index (χ4v) is 5.26. The van der Waals surface area contributed by atoms with Crippen LogP contribution >= 0.6 is 11.8 Å². The molecule has 0 unspecified atom stereocenters. The first kappa shape index (κ1) is 23.7. The highest BCUT2D eigenvalue weighted by Gasteiger charge is 2.17. The third kappa shape index (κ3) is 6.13. The summed E-state index contributed by atoms with van der Waals surface area (Å²) in [4.78, 5) is 2.43. The predicted octanol–water partition coefficient (Wildman–Crippen LogP) is 3.54. The fourth-order valence-electron chi connectivity index (χ4n) is 3.97. The first-order chi connectivity index (χ1) is 15.8. The van der Waals surface area contributed by atoms with Crippen molar-refractivity contribution in [1.29, 1.82) is 0 Å². The number of benzene rings is 2. The Balaban J connectivity index is 1.27. The van der Waals surface area contributed by atoms with E-state index in [4.69, 9.17) is 4.18 Å². The number of hydrogen-bond acceptors (Lipinski definition) is 7. The van der Waals surface area contributed by atoms with Crippen LogP contribution in [0.3, 0.4) is 0 Å². The molecule has 1 aliphatic rings. The number of halogens is 1. The summed E-state index contributed by atoms with van der Waals surface area (Å²) in [5.74, 6) is 1.49. The largest absolute Gasteiger partial charge is 0.383 e. The Bertz CT molecular complexity index is 1230. The van der Waals surface area contributed by atoms with Crippen molar-refractivity contribution in [2.75, 3.05) is 31.6 Å². The van der Waals surface area contributed by atoms with E-state index < -0.39 is 10.1 Å². The van der Waals surface area contributed by atoms with Gasteiger partial charge in [-0.15, -0.1) is 10.2 Å². The molecule has 4 rings (SSSR count). The quantitative estimate of drug-likeness (QED) is 0.272. The second-order valence-electron chi connectivity index (χ2n) is 8.11. The van der Waals surface area contributed by atoms with Gasteiger partial charge in [0, 0.05) is 25.9 Å². The van der Waals surface area contributed by atoms with Crippen LogP contribution in [-0.2, 0) is 30.0 Å². The van der Waals surface area contributed by atoms with Crippen LogP contribution in [0.15, 0.2) is 47.6 Å². The highest BCUT2D eigenvalue weighted by Crippen LogP contribution is 2.26. The molecule has 1 aromatic heterocycles. The van der Waals surface area contributed by atoms with Gasteiger partial charge < -0.3 is 13.7 Å². The summed E-state index contributed by atoms with van der Waals surface area (Å²) in [5, 5.41) is 9.18. The van der Waals surface area contributed by atoms with E-state index in [1.165, 1.54) is 11.6 Å². The summed E-state index contributed by atoms with van der Waals surface area (Å²) < 4.78 is 43.7. The van der Waals surface area contributed by atoms with Gasteiger partial charge in [-0.2, -0.15) is 8.42 Å². The van der Waals surface area contributed by atoms with Crippen molar-refractivity contribution in [1.82, 2.24) is 19.7 Å². The van der Waals surface area contributed by atoms with Crippen molar-refractivity contribution in [3.05, 3.63) is 59.4 Å². The zero-order valence-electron chi connectivity index (χ0n) is 18.7. The van der Waals surface area contributed by atoms with Crippen LogP contribution in [-0.4, -0.2) is 59.7 Å². The lowest BCUT2D eigenvalue weighted by atomic mass is 10.0. The van der Waals surface area contributed by atoms with Gasteiger partial charge in [0.1, 0.15) is 11.6 Å². The smallest absolute Gasteiger partial charge is 0.306 e. The number of aromatic nitrogens is 3. The molecule has 0 saturated carbocycles. The molecule has 2 aromatic carbocycles. The minimum atomic E-state index is -3.52. The molecule has 0 fully saturated rings. The lowest BCUT2D eigenvalue weighted by molar-refractivity contribution is 0.289. The molecule has 3 aromatic rings. The van der Waals surface area contributed by atoms with Crippen LogP contribution < -0.4 is 4.18 Å². The molecule has 0 bridgehead atoms. The highest BCUT2D eigenvalue weighted by atomic mass is 32.2.